The van der Waals surface area contributed by atoms with Crippen molar-refractivity contribution >= 4 is 50.9 Å². The molecule has 1 aliphatic heterocycles. The highest BCUT2D eigenvalue weighted by Crippen LogP contribution is 2.29. The van der Waals surface area contributed by atoms with Gasteiger partial charge in [0.25, 0.3) is 0 Å². The number of amidine groups is 1. The summed E-state index contributed by atoms with van der Waals surface area (Å²) in [5, 5.41) is 6.20. The van der Waals surface area contributed by atoms with Crippen molar-refractivity contribution in [2.24, 2.45) is 10.1 Å². The first-order valence-corrected chi connectivity index (χ1v) is 9.61. The number of primary sulfonamides is 1. The predicted molar refractivity (Wildman–Crippen MR) is 104 cm³/mol. The Kier molecular flexibility index (Phi) is 7.63. The molecular weight excluding hydrogens is 433 g/mol. The van der Waals surface area contributed by atoms with E-state index in [4.69, 9.17) is 5.14 Å². The molecule has 0 aromatic heterocycles. The maximum absolute atomic E-state index is 11.3. The summed E-state index contributed by atoms with van der Waals surface area (Å²) in [6.07, 6.45) is 4.14. The third-order valence-corrected chi connectivity index (χ3v) is 5.55. The van der Waals surface area contributed by atoms with E-state index in [1.165, 1.54) is 5.56 Å². The second kappa shape index (κ2) is 8.51. The summed E-state index contributed by atoms with van der Waals surface area (Å²) < 4.78 is 22.5. The number of aliphatic imine (C=N–C) groups is 1. The van der Waals surface area contributed by atoms with Gasteiger partial charge in [-0.05, 0) is 42.7 Å². The average Bonchev–Trinajstić information content (AvgIpc) is 2.48. The highest BCUT2D eigenvalue weighted by Gasteiger charge is 2.22. The van der Waals surface area contributed by atoms with Crippen molar-refractivity contribution in [1.82, 2.24) is 4.90 Å². The van der Waals surface area contributed by atoms with Crippen LogP contribution in [-0.4, -0.2) is 44.9 Å². The second-order valence-corrected chi connectivity index (χ2v) is 7.42. The number of sulfonamides is 1. The zero-order chi connectivity index (χ0) is 15.5. The monoisotopic (exact) mass is 455 g/mol. The second-order valence-electron chi connectivity index (χ2n) is 5.09. The molecule has 1 aromatic carbocycles. The van der Waals surface area contributed by atoms with Crippen molar-refractivity contribution in [3.05, 3.63) is 29.8 Å². The van der Waals surface area contributed by atoms with Gasteiger partial charge in [0.15, 0.2) is 5.17 Å². The third-order valence-electron chi connectivity index (χ3n) is 3.82. The maximum Gasteiger partial charge on any atom is 0.238 e. The van der Waals surface area contributed by atoms with Crippen molar-refractivity contribution in [3.63, 3.8) is 0 Å². The van der Waals surface area contributed by atoms with Gasteiger partial charge in [0.05, 0.1) is 4.90 Å². The van der Waals surface area contributed by atoms with Crippen LogP contribution in [0.2, 0.25) is 0 Å². The first-order valence-electron chi connectivity index (χ1n) is 6.84. The van der Waals surface area contributed by atoms with Crippen LogP contribution in [0.25, 0.3) is 0 Å². The standard InChI is InChI=1S/C14H21N3O2S2.HI/c1-16-14(20-2)17-9-7-12(8-10-17)11-3-5-13(6-4-11)21(15,18)19;/h3-6,12H,7-10H2,1-2H3,(H2,15,18,19);1H. The Morgan fingerprint density at radius 1 is 1.27 bits per heavy atom. The van der Waals surface area contributed by atoms with E-state index < -0.39 is 10.0 Å². The summed E-state index contributed by atoms with van der Waals surface area (Å²) in [6.45, 7) is 1.96. The van der Waals surface area contributed by atoms with Crippen LogP contribution in [0.1, 0.15) is 24.3 Å². The van der Waals surface area contributed by atoms with Crippen LogP contribution in [0.4, 0.5) is 0 Å². The largest absolute Gasteiger partial charge is 0.351 e. The highest BCUT2D eigenvalue weighted by atomic mass is 127. The van der Waals surface area contributed by atoms with Crippen molar-refractivity contribution in [2.75, 3.05) is 26.4 Å². The average molecular weight is 455 g/mol. The maximum atomic E-state index is 11.3. The summed E-state index contributed by atoms with van der Waals surface area (Å²) in [7, 11) is -1.78. The molecule has 0 spiro atoms. The van der Waals surface area contributed by atoms with Gasteiger partial charge in [0, 0.05) is 20.1 Å². The number of rotatable bonds is 2. The smallest absolute Gasteiger partial charge is 0.238 e. The van der Waals surface area contributed by atoms with Crippen LogP contribution >= 0.6 is 35.7 Å². The van der Waals surface area contributed by atoms with Gasteiger partial charge in [-0.3, -0.25) is 4.99 Å². The topological polar surface area (TPSA) is 75.8 Å². The fourth-order valence-electron chi connectivity index (χ4n) is 2.70. The number of nitrogens with zero attached hydrogens (tertiary/aromatic N) is 2. The molecule has 1 aromatic rings. The first kappa shape index (κ1) is 19.7. The number of halogens is 1. The molecule has 0 unspecified atom stereocenters. The van der Waals surface area contributed by atoms with Gasteiger partial charge in [-0.1, -0.05) is 23.9 Å². The Labute approximate surface area is 153 Å². The summed E-state index contributed by atoms with van der Waals surface area (Å²) in [5.41, 5.74) is 1.18. The molecular formula is C14H22IN3O2S2. The van der Waals surface area contributed by atoms with E-state index in [2.05, 4.69) is 9.89 Å². The molecule has 8 heteroatoms. The van der Waals surface area contributed by atoms with Gasteiger partial charge < -0.3 is 4.90 Å². The number of hydrogen-bond donors (Lipinski definition) is 1. The lowest BCUT2D eigenvalue weighted by molar-refractivity contribution is 0.317. The van der Waals surface area contributed by atoms with Gasteiger partial charge >= 0.3 is 0 Å². The van der Waals surface area contributed by atoms with E-state index >= 15 is 0 Å². The number of benzene rings is 1. The Hall–Kier alpha value is -0.320. The quantitative estimate of drug-likeness (QED) is 0.423. The molecule has 5 nitrogen and oxygen atoms in total. The first-order chi connectivity index (χ1) is 9.95. The Morgan fingerprint density at radius 2 is 1.82 bits per heavy atom. The highest BCUT2D eigenvalue weighted by molar-refractivity contribution is 14.0. The zero-order valence-corrected chi connectivity index (χ0v) is 16.7. The number of thioether (sulfide) groups is 1. The van der Waals surface area contributed by atoms with E-state index in [1.54, 1.807) is 23.9 Å². The minimum absolute atomic E-state index is 0. The van der Waals surface area contributed by atoms with E-state index in [9.17, 15) is 8.42 Å². The minimum atomic E-state index is -3.60. The number of nitrogens with two attached hydrogens (primary N) is 1. The Balaban J connectivity index is 0.00000242. The molecule has 0 saturated carbocycles. The molecule has 0 radical (unpaired) electrons. The lowest BCUT2D eigenvalue weighted by Crippen LogP contribution is -2.36. The molecule has 0 aliphatic carbocycles. The lowest BCUT2D eigenvalue weighted by Gasteiger charge is -2.33. The molecule has 0 bridgehead atoms. The summed E-state index contributed by atoms with van der Waals surface area (Å²) in [5.74, 6) is 0.468. The summed E-state index contributed by atoms with van der Waals surface area (Å²) >= 11 is 1.67. The number of hydrogen-bond acceptors (Lipinski definition) is 4. The van der Waals surface area contributed by atoms with Gasteiger partial charge in [0.2, 0.25) is 10.0 Å². The molecule has 124 valence electrons. The molecule has 1 heterocycles. The van der Waals surface area contributed by atoms with Crippen LogP contribution in [0, 0.1) is 0 Å². The lowest BCUT2D eigenvalue weighted by atomic mass is 9.90. The van der Waals surface area contributed by atoms with E-state index in [0.29, 0.717) is 5.92 Å². The van der Waals surface area contributed by atoms with Crippen molar-refractivity contribution in [3.8, 4) is 0 Å². The van der Waals surface area contributed by atoms with Crippen molar-refractivity contribution in [1.29, 1.82) is 0 Å². The molecule has 2 N–H and O–H groups in total. The van der Waals surface area contributed by atoms with E-state index in [0.717, 1.165) is 31.1 Å². The molecule has 1 saturated heterocycles. The van der Waals surface area contributed by atoms with Crippen LogP contribution in [0.15, 0.2) is 34.2 Å². The molecule has 0 amide bonds. The molecule has 0 atom stereocenters. The minimum Gasteiger partial charge on any atom is -0.351 e. The van der Waals surface area contributed by atoms with Crippen LogP contribution in [0.5, 0.6) is 0 Å². The zero-order valence-electron chi connectivity index (χ0n) is 12.7. The van der Waals surface area contributed by atoms with Crippen molar-refractivity contribution < 1.29 is 8.42 Å². The Morgan fingerprint density at radius 3 is 2.23 bits per heavy atom. The van der Waals surface area contributed by atoms with Crippen LogP contribution in [-0.2, 0) is 10.0 Å². The number of likely N-dealkylation sites (tertiary alicyclic amines) is 1. The fraction of sp³-hybridized carbons (Fsp3) is 0.500. The van der Waals surface area contributed by atoms with Gasteiger partial charge in [-0.2, -0.15) is 0 Å². The summed E-state index contributed by atoms with van der Waals surface area (Å²) in [4.78, 5) is 6.77. The van der Waals surface area contributed by atoms with Crippen LogP contribution < -0.4 is 5.14 Å². The third kappa shape index (κ3) is 4.84. The van der Waals surface area contributed by atoms with Gasteiger partial charge in [0.1, 0.15) is 0 Å². The predicted octanol–water partition coefficient (Wildman–Crippen LogP) is 2.48. The molecule has 1 fully saturated rings. The van der Waals surface area contributed by atoms with Gasteiger partial charge in [-0.25, -0.2) is 13.6 Å². The summed E-state index contributed by atoms with van der Waals surface area (Å²) in [6, 6.07) is 6.95. The molecule has 2 rings (SSSR count). The Bertz CT molecular complexity index is 609. The molecule has 1 aliphatic rings. The van der Waals surface area contributed by atoms with E-state index in [1.807, 2.05) is 25.4 Å². The SMILES string of the molecule is CN=C(SC)N1CCC(c2ccc(S(N)(=O)=O)cc2)CC1.I. The molecule has 22 heavy (non-hydrogen) atoms. The number of piperidine rings is 1. The van der Waals surface area contributed by atoms with Crippen molar-refractivity contribution in [2.45, 2.75) is 23.7 Å². The normalized spacial score (nSPS) is 17.2. The van der Waals surface area contributed by atoms with Crippen LogP contribution in [0.3, 0.4) is 0 Å². The fourth-order valence-corrected chi connectivity index (χ4v) is 3.83. The van der Waals surface area contributed by atoms with Gasteiger partial charge in [-0.15, -0.1) is 24.0 Å². The van der Waals surface area contributed by atoms with E-state index in [-0.39, 0.29) is 28.9 Å².